The molecule has 2 rings (SSSR count). The first-order chi connectivity index (χ1) is 12.5. The number of ether oxygens (including phenoxy) is 1. The molecule has 144 valence electrons. The Labute approximate surface area is 156 Å². The van der Waals surface area contributed by atoms with Crippen LogP contribution in [0.5, 0.6) is 5.75 Å². The van der Waals surface area contributed by atoms with Crippen molar-refractivity contribution in [2.75, 3.05) is 19.6 Å². The molecule has 26 heavy (non-hydrogen) atoms. The topological polar surface area (TPSA) is 84.7 Å². The SMILES string of the molecule is CC(C)Oc1cccc(CC(=O)N2CCCCC2CNC(=O)CCN)c1. The van der Waals surface area contributed by atoms with Gasteiger partial charge in [0.2, 0.25) is 11.8 Å². The number of nitrogens with one attached hydrogen (secondary N) is 1. The summed E-state index contributed by atoms with van der Waals surface area (Å²) in [5.74, 6) is 0.836. The van der Waals surface area contributed by atoms with E-state index in [2.05, 4.69) is 5.32 Å². The maximum absolute atomic E-state index is 12.8. The highest BCUT2D eigenvalue weighted by molar-refractivity contribution is 5.80. The standard InChI is InChI=1S/C20H31N3O3/c1-15(2)26-18-8-5-6-16(12-18)13-20(25)23-11-4-3-7-17(23)14-22-19(24)9-10-21/h5-6,8,12,15,17H,3-4,7,9-11,13-14,21H2,1-2H3,(H,22,24). The first-order valence-corrected chi connectivity index (χ1v) is 9.51. The minimum atomic E-state index is -0.0518. The van der Waals surface area contributed by atoms with Gasteiger partial charge in [-0.2, -0.15) is 0 Å². The van der Waals surface area contributed by atoms with Crippen LogP contribution in [0.4, 0.5) is 0 Å². The Morgan fingerprint density at radius 1 is 1.35 bits per heavy atom. The second-order valence-corrected chi connectivity index (χ2v) is 7.07. The number of hydrogen-bond acceptors (Lipinski definition) is 4. The third-order valence-corrected chi connectivity index (χ3v) is 4.48. The Bertz CT molecular complexity index is 604. The summed E-state index contributed by atoms with van der Waals surface area (Å²) >= 11 is 0. The van der Waals surface area contributed by atoms with Gasteiger partial charge in [-0.3, -0.25) is 9.59 Å². The number of hydrogen-bond donors (Lipinski definition) is 2. The van der Waals surface area contributed by atoms with Gasteiger partial charge in [0.15, 0.2) is 0 Å². The summed E-state index contributed by atoms with van der Waals surface area (Å²) in [5, 5.41) is 2.90. The molecule has 6 nitrogen and oxygen atoms in total. The molecule has 1 saturated heterocycles. The quantitative estimate of drug-likeness (QED) is 0.740. The Kier molecular flexibility index (Phi) is 7.91. The summed E-state index contributed by atoms with van der Waals surface area (Å²) in [7, 11) is 0. The molecule has 0 spiro atoms. The fourth-order valence-corrected chi connectivity index (χ4v) is 3.27. The number of carbonyl (C=O) groups excluding carboxylic acids is 2. The molecule has 0 aromatic heterocycles. The zero-order chi connectivity index (χ0) is 18.9. The molecule has 2 amide bonds. The maximum atomic E-state index is 12.8. The van der Waals surface area contributed by atoms with Crippen molar-refractivity contribution in [1.82, 2.24) is 10.2 Å². The van der Waals surface area contributed by atoms with Gasteiger partial charge < -0.3 is 20.7 Å². The van der Waals surface area contributed by atoms with Crippen molar-refractivity contribution in [3.05, 3.63) is 29.8 Å². The summed E-state index contributed by atoms with van der Waals surface area (Å²) in [6.45, 7) is 5.55. The molecule has 1 aromatic carbocycles. The van der Waals surface area contributed by atoms with Crippen LogP contribution in [0, 0.1) is 0 Å². The van der Waals surface area contributed by atoms with E-state index in [0.717, 1.165) is 37.1 Å². The highest BCUT2D eigenvalue weighted by atomic mass is 16.5. The van der Waals surface area contributed by atoms with Gasteiger partial charge in [0, 0.05) is 32.1 Å². The van der Waals surface area contributed by atoms with E-state index in [0.29, 0.717) is 25.9 Å². The third-order valence-electron chi connectivity index (χ3n) is 4.48. The lowest BCUT2D eigenvalue weighted by Gasteiger charge is -2.36. The predicted octanol–water partition coefficient (Wildman–Crippen LogP) is 1.86. The summed E-state index contributed by atoms with van der Waals surface area (Å²) in [6.07, 6.45) is 3.79. The second-order valence-electron chi connectivity index (χ2n) is 7.07. The number of piperidine rings is 1. The van der Waals surface area contributed by atoms with Crippen LogP contribution in [-0.2, 0) is 16.0 Å². The van der Waals surface area contributed by atoms with Crippen LogP contribution in [0.15, 0.2) is 24.3 Å². The Morgan fingerprint density at radius 2 is 2.15 bits per heavy atom. The fraction of sp³-hybridized carbons (Fsp3) is 0.600. The molecule has 1 aliphatic heterocycles. The zero-order valence-corrected chi connectivity index (χ0v) is 15.9. The Morgan fingerprint density at radius 3 is 2.88 bits per heavy atom. The molecule has 6 heteroatoms. The molecular weight excluding hydrogens is 330 g/mol. The van der Waals surface area contributed by atoms with Crippen molar-refractivity contribution >= 4 is 11.8 Å². The molecule has 1 unspecified atom stereocenters. The van der Waals surface area contributed by atoms with E-state index in [1.165, 1.54) is 0 Å². The molecule has 1 atom stereocenters. The molecule has 1 fully saturated rings. The van der Waals surface area contributed by atoms with Gasteiger partial charge in [0.1, 0.15) is 5.75 Å². The average molecular weight is 361 g/mol. The van der Waals surface area contributed by atoms with E-state index in [1.54, 1.807) is 0 Å². The van der Waals surface area contributed by atoms with Crippen LogP contribution in [0.1, 0.15) is 45.1 Å². The number of likely N-dealkylation sites (tertiary alicyclic amines) is 1. The van der Waals surface area contributed by atoms with Crippen LogP contribution in [-0.4, -0.2) is 48.5 Å². The molecule has 1 aliphatic rings. The minimum Gasteiger partial charge on any atom is -0.491 e. The summed E-state index contributed by atoms with van der Waals surface area (Å²) in [6, 6.07) is 7.77. The third kappa shape index (κ3) is 6.33. The van der Waals surface area contributed by atoms with Crippen molar-refractivity contribution in [2.24, 2.45) is 5.73 Å². The number of nitrogens with zero attached hydrogens (tertiary/aromatic N) is 1. The molecule has 3 N–H and O–H groups in total. The lowest BCUT2D eigenvalue weighted by molar-refractivity contribution is -0.134. The van der Waals surface area contributed by atoms with Gasteiger partial charge in [0.25, 0.3) is 0 Å². The number of nitrogens with two attached hydrogens (primary N) is 1. The molecule has 1 heterocycles. The van der Waals surface area contributed by atoms with E-state index in [4.69, 9.17) is 10.5 Å². The van der Waals surface area contributed by atoms with Crippen LogP contribution in [0.3, 0.4) is 0 Å². The lowest BCUT2D eigenvalue weighted by atomic mass is 10.0. The Hall–Kier alpha value is -2.08. The van der Waals surface area contributed by atoms with Crippen LogP contribution < -0.4 is 15.8 Å². The van der Waals surface area contributed by atoms with Crippen LogP contribution >= 0.6 is 0 Å². The predicted molar refractivity (Wildman–Crippen MR) is 102 cm³/mol. The van der Waals surface area contributed by atoms with Crippen LogP contribution in [0.25, 0.3) is 0 Å². The van der Waals surface area contributed by atoms with Crippen molar-refractivity contribution in [3.63, 3.8) is 0 Å². The number of benzene rings is 1. The van der Waals surface area contributed by atoms with Gasteiger partial charge in [-0.15, -0.1) is 0 Å². The van der Waals surface area contributed by atoms with Crippen molar-refractivity contribution < 1.29 is 14.3 Å². The smallest absolute Gasteiger partial charge is 0.227 e. The minimum absolute atomic E-state index is 0.0518. The van der Waals surface area contributed by atoms with E-state index in [1.807, 2.05) is 43.0 Å². The molecule has 0 saturated carbocycles. The number of amides is 2. The second kappa shape index (κ2) is 10.2. The van der Waals surface area contributed by atoms with Crippen molar-refractivity contribution in [3.8, 4) is 5.75 Å². The van der Waals surface area contributed by atoms with Crippen LogP contribution in [0.2, 0.25) is 0 Å². The van der Waals surface area contributed by atoms with Gasteiger partial charge in [-0.25, -0.2) is 0 Å². The molecule has 1 aromatic rings. The van der Waals surface area contributed by atoms with Crippen molar-refractivity contribution in [1.29, 1.82) is 0 Å². The number of carbonyl (C=O) groups is 2. The molecular formula is C20H31N3O3. The highest BCUT2D eigenvalue weighted by Gasteiger charge is 2.26. The lowest BCUT2D eigenvalue weighted by Crippen LogP contribution is -2.50. The molecule has 0 bridgehead atoms. The van der Waals surface area contributed by atoms with E-state index >= 15 is 0 Å². The summed E-state index contributed by atoms with van der Waals surface area (Å²) < 4.78 is 5.71. The van der Waals surface area contributed by atoms with Gasteiger partial charge >= 0.3 is 0 Å². The molecule has 0 radical (unpaired) electrons. The molecule has 0 aliphatic carbocycles. The van der Waals surface area contributed by atoms with E-state index in [9.17, 15) is 9.59 Å². The zero-order valence-electron chi connectivity index (χ0n) is 15.9. The van der Waals surface area contributed by atoms with Gasteiger partial charge in [-0.05, 0) is 50.8 Å². The van der Waals surface area contributed by atoms with E-state index < -0.39 is 0 Å². The van der Waals surface area contributed by atoms with E-state index in [-0.39, 0.29) is 24.0 Å². The van der Waals surface area contributed by atoms with Gasteiger partial charge in [0.05, 0.1) is 12.5 Å². The Balaban J connectivity index is 1.96. The summed E-state index contributed by atoms with van der Waals surface area (Å²) in [5.41, 5.74) is 6.36. The largest absolute Gasteiger partial charge is 0.491 e. The fourth-order valence-electron chi connectivity index (χ4n) is 3.27. The monoisotopic (exact) mass is 361 g/mol. The first-order valence-electron chi connectivity index (χ1n) is 9.51. The first kappa shape index (κ1) is 20.2. The highest BCUT2D eigenvalue weighted by Crippen LogP contribution is 2.20. The summed E-state index contributed by atoms with van der Waals surface area (Å²) in [4.78, 5) is 26.4. The van der Waals surface area contributed by atoms with Gasteiger partial charge in [-0.1, -0.05) is 12.1 Å². The number of rotatable bonds is 8. The average Bonchev–Trinajstić information content (AvgIpc) is 2.60. The normalized spacial score (nSPS) is 17.2. The van der Waals surface area contributed by atoms with Crippen molar-refractivity contribution in [2.45, 2.75) is 58.1 Å². The maximum Gasteiger partial charge on any atom is 0.227 e.